The van der Waals surface area contributed by atoms with Crippen LogP contribution in [0.25, 0.3) is 10.8 Å². The van der Waals surface area contributed by atoms with Crippen molar-refractivity contribution in [3.63, 3.8) is 0 Å². The lowest BCUT2D eigenvalue weighted by Gasteiger charge is -2.07. The zero-order chi connectivity index (χ0) is 15.2. The van der Waals surface area contributed by atoms with Gasteiger partial charge in [-0.25, -0.2) is 0 Å². The normalized spacial score (nSPS) is 10.4. The molecule has 120 valence electrons. The molecule has 0 spiro atoms. The molecule has 0 aliphatic rings. The maximum atomic E-state index is 9.56. The van der Waals surface area contributed by atoms with Crippen molar-refractivity contribution in [2.24, 2.45) is 0 Å². The number of aromatic hydroxyl groups is 2. The van der Waals surface area contributed by atoms with Crippen LogP contribution < -0.4 is 0 Å². The van der Waals surface area contributed by atoms with E-state index >= 15 is 0 Å². The average Bonchev–Trinajstić information content (AvgIpc) is 2.46. The van der Waals surface area contributed by atoms with Gasteiger partial charge in [0, 0.05) is 5.71 Å². The summed E-state index contributed by atoms with van der Waals surface area (Å²) in [5.41, 5.74) is 1.98. The molecular weight excluding hydrogens is 298 g/mol. The maximum absolute atomic E-state index is 9.56. The third-order valence-electron chi connectivity index (χ3n) is 3.80. The first-order chi connectivity index (χ1) is 10.1. The molecule has 22 heavy (non-hydrogen) atoms. The number of hydrogen-bond donors (Lipinski definition) is 3. The highest BCUT2D eigenvalue weighted by Crippen LogP contribution is 2.30. The maximum Gasteiger partial charge on any atom is 0.158 e. The first-order valence-corrected chi connectivity index (χ1v) is 7.61. The van der Waals surface area contributed by atoms with Gasteiger partial charge in [-0.1, -0.05) is 38.0 Å². The lowest BCUT2D eigenvalue weighted by Crippen LogP contribution is -1.99. The number of nitrogens with one attached hydrogen (secondary N) is 1. The Labute approximate surface area is 137 Å². The number of fused-ring (bicyclic) bond motifs is 1. The zero-order valence-corrected chi connectivity index (χ0v) is 13.7. The molecule has 0 bridgehead atoms. The molecule has 0 fully saturated rings. The van der Waals surface area contributed by atoms with Crippen LogP contribution in [-0.4, -0.2) is 15.9 Å². The Morgan fingerprint density at radius 1 is 0.955 bits per heavy atom. The molecule has 0 saturated carbocycles. The van der Waals surface area contributed by atoms with Crippen molar-refractivity contribution in [3.8, 4) is 11.5 Å². The van der Waals surface area contributed by atoms with Crippen molar-refractivity contribution in [1.82, 2.24) is 0 Å². The monoisotopic (exact) mass is 321 g/mol. The Bertz CT molecular complexity index is 640. The van der Waals surface area contributed by atoms with Crippen molar-refractivity contribution in [1.29, 1.82) is 5.41 Å². The average molecular weight is 322 g/mol. The molecule has 4 heteroatoms. The number of phenols is 2. The summed E-state index contributed by atoms with van der Waals surface area (Å²) < 4.78 is 0. The SMILES string of the molecule is CCCCCC(=N)CCc1ccc2cc(O)c(O)cc2c1.Cl. The quantitative estimate of drug-likeness (QED) is 0.372. The third kappa shape index (κ3) is 4.92. The van der Waals surface area contributed by atoms with E-state index in [1.807, 2.05) is 18.2 Å². The van der Waals surface area contributed by atoms with Crippen molar-refractivity contribution < 1.29 is 10.2 Å². The minimum atomic E-state index is -0.0908. The molecule has 2 aromatic carbocycles. The second-order valence-corrected chi connectivity index (χ2v) is 5.58. The van der Waals surface area contributed by atoms with Crippen LogP contribution in [-0.2, 0) is 6.42 Å². The van der Waals surface area contributed by atoms with Crippen molar-refractivity contribution in [2.75, 3.05) is 0 Å². The number of halogens is 1. The van der Waals surface area contributed by atoms with Crippen LogP contribution in [0.15, 0.2) is 30.3 Å². The van der Waals surface area contributed by atoms with Crippen molar-refractivity contribution >= 4 is 28.9 Å². The van der Waals surface area contributed by atoms with Gasteiger partial charge in [-0.2, -0.15) is 0 Å². The summed E-state index contributed by atoms with van der Waals surface area (Å²) in [4.78, 5) is 0. The Morgan fingerprint density at radius 2 is 1.64 bits per heavy atom. The highest BCUT2D eigenvalue weighted by molar-refractivity contribution is 5.87. The summed E-state index contributed by atoms with van der Waals surface area (Å²) in [6.07, 6.45) is 6.04. The molecule has 0 saturated heterocycles. The summed E-state index contributed by atoms with van der Waals surface area (Å²) >= 11 is 0. The predicted molar refractivity (Wildman–Crippen MR) is 94.7 cm³/mol. The molecule has 0 aliphatic heterocycles. The zero-order valence-electron chi connectivity index (χ0n) is 12.9. The summed E-state index contributed by atoms with van der Waals surface area (Å²) in [7, 11) is 0. The van der Waals surface area contributed by atoms with E-state index in [9.17, 15) is 10.2 Å². The van der Waals surface area contributed by atoms with Crippen LogP contribution in [0.1, 0.15) is 44.6 Å². The van der Waals surface area contributed by atoms with Crippen LogP contribution in [0.2, 0.25) is 0 Å². The molecule has 3 nitrogen and oxygen atoms in total. The Balaban J connectivity index is 0.00000242. The molecule has 3 N–H and O–H groups in total. The highest BCUT2D eigenvalue weighted by atomic mass is 35.5. The molecule has 0 aliphatic carbocycles. The molecule has 2 rings (SSSR count). The van der Waals surface area contributed by atoms with Crippen molar-refractivity contribution in [3.05, 3.63) is 35.9 Å². The molecule has 0 aromatic heterocycles. The highest BCUT2D eigenvalue weighted by Gasteiger charge is 2.04. The molecule has 0 heterocycles. The summed E-state index contributed by atoms with van der Waals surface area (Å²) in [5.74, 6) is -0.181. The minimum Gasteiger partial charge on any atom is -0.504 e. The van der Waals surface area contributed by atoms with E-state index in [1.54, 1.807) is 12.1 Å². The lowest BCUT2D eigenvalue weighted by molar-refractivity contribution is 0.405. The third-order valence-corrected chi connectivity index (χ3v) is 3.80. The molecule has 0 unspecified atom stereocenters. The van der Waals surface area contributed by atoms with Gasteiger partial charge in [0.2, 0.25) is 0 Å². The van der Waals surface area contributed by atoms with Gasteiger partial charge in [0.25, 0.3) is 0 Å². The van der Waals surface area contributed by atoms with E-state index in [2.05, 4.69) is 6.92 Å². The number of aryl methyl sites for hydroxylation is 1. The van der Waals surface area contributed by atoms with Gasteiger partial charge in [-0.15, -0.1) is 12.4 Å². The van der Waals surface area contributed by atoms with E-state index in [-0.39, 0.29) is 23.9 Å². The second-order valence-electron chi connectivity index (χ2n) is 5.58. The van der Waals surface area contributed by atoms with Gasteiger partial charge < -0.3 is 15.6 Å². The smallest absolute Gasteiger partial charge is 0.158 e. The Hall–Kier alpha value is -1.74. The van der Waals surface area contributed by atoms with E-state index in [0.717, 1.165) is 47.7 Å². The first kappa shape index (κ1) is 18.3. The van der Waals surface area contributed by atoms with Crippen LogP contribution in [0, 0.1) is 5.41 Å². The number of benzene rings is 2. The number of rotatable bonds is 7. The largest absolute Gasteiger partial charge is 0.504 e. The fourth-order valence-corrected chi connectivity index (χ4v) is 2.49. The van der Waals surface area contributed by atoms with E-state index in [1.165, 1.54) is 12.8 Å². The number of hydrogen-bond acceptors (Lipinski definition) is 3. The van der Waals surface area contributed by atoms with Crippen LogP contribution in [0.5, 0.6) is 11.5 Å². The minimum absolute atomic E-state index is 0. The number of unbranched alkanes of at least 4 members (excludes halogenated alkanes) is 2. The topological polar surface area (TPSA) is 64.3 Å². The van der Waals surface area contributed by atoms with E-state index in [0.29, 0.717) is 0 Å². The van der Waals surface area contributed by atoms with Gasteiger partial charge in [-0.05, 0) is 54.2 Å². The second kappa shape index (κ2) is 8.64. The van der Waals surface area contributed by atoms with Crippen LogP contribution >= 0.6 is 12.4 Å². The van der Waals surface area contributed by atoms with Crippen LogP contribution in [0.3, 0.4) is 0 Å². The van der Waals surface area contributed by atoms with Gasteiger partial charge in [0.1, 0.15) is 0 Å². The first-order valence-electron chi connectivity index (χ1n) is 7.61. The number of phenolic OH excluding ortho intramolecular Hbond substituents is 2. The molecule has 0 atom stereocenters. The Kier molecular flexibility index (Phi) is 7.19. The predicted octanol–water partition coefficient (Wildman–Crippen LogP) is 5.21. The molecular formula is C18H24ClNO2. The van der Waals surface area contributed by atoms with E-state index < -0.39 is 0 Å². The Morgan fingerprint density at radius 3 is 2.32 bits per heavy atom. The fourth-order valence-electron chi connectivity index (χ4n) is 2.49. The van der Waals surface area contributed by atoms with Gasteiger partial charge >= 0.3 is 0 Å². The standard InChI is InChI=1S/C18H23NO2.ClH/c1-2-3-4-5-16(19)9-7-13-6-8-14-11-17(20)18(21)12-15(14)10-13;/h6,8,10-12,19-21H,2-5,7,9H2,1H3;1H. The van der Waals surface area contributed by atoms with Gasteiger partial charge in [-0.3, -0.25) is 0 Å². The van der Waals surface area contributed by atoms with Crippen LogP contribution in [0.4, 0.5) is 0 Å². The summed E-state index contributed by atoms with van der Waals surface area (Å²) in [6.45, 7) is 2.17. The molecule has 2 aromatic rings. The van der Waals surface area contributed by atoms with Gasteiger partial charge in [0.05, 0.1) is 0 Å². The summed E-state index contributed by atoms with van der Waals surface area (Å²) in [6, 6.07) is 9.15. The van der Waals surface area contributed by atoms with E-state index in [4.69, 9.17) is 5.41 Å². The molecule has 0 amide bonds. The van der Waals surface area contributed by atoms with Crippen molar-refractivity contribution in [2.45, 2.75) is 45.4 Å². The lowest BCUT2D eigenvalue weighted by atomic mass is 10.0. The fraction of sp³-hybridized carbons (Fsp3) is 0.389. The molecule has 0 radical (unpaired) electrons. The summed E-state index contributed by atoms with van der Waals surface area (Å²) in [5, 5.41) is 28.8. The van der Waals surface area contributed by atoms with Gasteiger partial charge in [0.15, 0.2) is 11.5 Å².